The molecule has 7 heteroatoms. The first-order chi connectivity index (χ1) is 11.0. The van der Waals surface area contributed by atoms with Gasteiger partial charge >= 0.3 is 5.97 Å². The van der Waals surface area contributed by atoms with E-state index in [9.17, 15) is 14.4 Å². The van der Waals surface area contributed by atoms with Crippen LogP contribution in [0.25, 0.3) is 0 Å². The minimum Gasteiger partial charge on any atom is -0.465 e. The zero-order chi connectivity index (χ0) is 16.6. The van der Waals surface area contributed by atoms with Gasteiger partial charge in [0, 0.05) is 0 Å². The Kier molecular flexibility index (Phi) is 3.96. The van der Waals surface area contributed by atoms with Crippen LogP contribution in [-0.2, 0) is 11.3 Å². The Bertz CT molecular complexity index is 800. The SMILES string of the molecule is COC(=O)c1cc(Br)nc(CN2C(=O)c3ccccc3C2=O)c1. The standard InChI is InChI=1S/C16H11BrN2O4/c1-23-16(22)9-6-10(18-13(17)7-9)8-19-14(20)11-4-2-3-5-12(11)15(19)21/h2-7H,8H2,1H3. The van der Waals surface area contributed by atoms with Crippen molar-refractivity contribution in [3.63, 3.8) is 0 Å². The molecule has 0 fully saturated rings. The van der Waals surface area contributed by atoms with E-state index in [2.05, 4.69) is 25.7 Å². The van der Waals surface area contributed by atoms with E-state index in [1.807, 2.05) is 0 Å². The number of esters is 1. The number of fused-ring (bicyclic) bond motifs is 1. The van der Waals surface area contributed by atoms with E-state index in [0.717, 1.165) is 4.90 Å². The number of nitrogens with zero attached hydrogens (tertiary/aromatic N) is 2. The van der Waals surface area contributed by atoms with Gasteiger partial charge in [-0.2, -0.15) is 0 Å². The number of methoxy groups -OCH3 is 1. The van der Waals surface area contributed by atoms with Gasteiger partial charge < -0.3 is 4.74 Å². The van der Waals surface area contributed by atoms with Crippen molar-refractivity contribution in [1.82, 2.24) is 9.88 Å². The number of hydrogen-bond donors (Lipinski definition) is 0. The van der Waals surface area contributed by atoms with Gasteiger partial charge in [0.15, 0.2) is 0 Å². The van der Waals surface area contributed by atoms with Crippen molar-refractivity contribution in [2.45, 2.75) is 6.54 Å². The van der Waals surface area contributed by atoms with Crippen LogP contribution in [0.2, 0.25) is 0 Å². The maximum atomic E-state index is 12.3. The summed E-state index contributed by atoms with van der Waals surface area (Å²) in [5.74, 6) is -1.25. The number of rotatable bonds is 3. The molecule has 2 amide bonds. The lowest BCUT2D eigenvalue weighted by atomic mass is 10.1. The quantitative estimate of drug-likeness (QED) is 0.468. The summed E-state index contributed by atoms with van der Waals surface area (Å²) < 4.78 is 5.10. The van der Waals surface area contributed by atoms with Gasteiger partial charge in [-0.1, -0.05) is 12.1 Å². The van der Waals surface area contributed by atoms with E-state index in [0.29, 0.717) is 27.0 Å². The van der Waals surface area contributed by atoms with Crippen LogP contribution >= 0.6 is 15.9 Å². The van der Waals surface area contributed by atoms with E-state index in [4.69, 9.17) is 0 Å². The van der Waals surface area contributed by atoms with Crippen molar-refractivity contribution >= 4 is 33.7 Å². The molecule has 1 aliphatic heterocycles. The molecule has 0 N–H and O–H groups in total. The van der Waals surface area contributed by atoms with Crippen LogP contribution in [0.4, 0.5) is 0 Å². The van der Waals surface area contributed by atoms with E-state index < -0.39 is 5.97 Å². The normalized spacial score (nSPS) is 13.2. The second kappa shape index (κ2) is 5.92. The molecule has 0 unspecified atom stereocenters. The molecule has 0 bridgehead atoms. The first-order valence-electron chi connectivity index (χ1n) is 6.71. The predicted molar refractivity (Wildman–Crippen MR) is 83.9 cm³/mol. The monoisotopic (exact) mass is 374 g/mol. The van der Waals surface area contributed by atoms with Gasteiger partial charge in [0.1, 0.15) is 4.60 Å². The van der Waals surface area contributed by atoms with Gasteiger partial charge in [-0.15, -0.1) is 0 Å². The summed E-state index contributed by atoms with van der Waals surface area (Å²) in [5.41, 5.74) is 1.46. The molecule has 0 spiro atoms. The molecule has 6 nitrogen and oxygen atoms in total. The Morgan fingerprint density at radius 2 is 1.78 bits per heavy atom. The number of pyridine rings is 1. The zero-order valence-corrected chi connectivity index (χ0v) is 13.7. The van der Waals surface area contributed by atoms with Crippen LogP contribution in [0.15, 0.2) is 41.0 Å². The lowest BCUT2D eigenvalue weighted by molar-refractivity contribution is 0.0599. The molecular weight excluding hydrogens is 364 g/mol. The molecule has 0 saturated heterocycles. The summed E-state index contributed by atoms with van der Waals surface area (Å²) in [7, 11) is 1.28. The van der Waals surface area contributed by atoms with Gasteiger partial charge in [0.25, 0.3) is 11.8 Å². The Labute approximate surface area is 140 Å². The highest BCUT2D eigenvalue weighted by molar-refractivity contribution is 9.10. The molecule has 0 atom stereocenters. The van der Waals surface area contributed by atoms with E-state index in [1.54, 1.807) is 24.3 Å². The molecule has 2 heterocycles. The van der Waals surface area contributed by atoms with Crippen LogP contribution in [0, 0.1) is 0 Å². The fourth-order valence-corrected chi connectivity index (χ4v) is 2.89. The molecule has 116 valence electrons. The molecule has 23 heavy (non-hydrogen) atoms. The fourth-order valence-electron chi connectivity index (χ4n) is 2.41. The van der Waals surface area contributed by atoms with Crippen molar-refractivity contribution in [3.05, 3.63) is 63.4 Å². The van der Waals surface area contributed by atoms with Gasteiger partial charge in [0.05, 0.1) is 36.0 Å². The first-order valence-corrected chi connectivity index (χ1v) is 7.50. The van der Waals surface area contributed by atoms with Crippen LogP contribution in [-0.4, -0.2) is 34.8 Å². The average Bonchev–Trinajstić information content (AvgIpc) is 2.79. The maximum absolute atomic E-state index is 12.3. The third-order valence-electron chi connectivity index (χ3n) is 3.47. The van der Waals surface area contributed by atoms with E-state index in [-0.39, 0.29) is 18.4 Å². The van der Waals surface area contributed by atoms with Crippen molar-refractivity contribution in [3.8, 4) is 0 Å². The summed E-state index contributed by atoms with van der Waals surface area (Å²) in [4.78, 5) is 41.7. The van der Waals surface area contributed by atoms with Crippen LogP contribution in [0.5, 0.6) is 0 Å². The Morgan fingerprint density at radius 3 is 2.35 bits per heavy atom. The minimum absolute atomic E-state index is 0.0181. The summed E-state index contributed by atoms with van der Waals surface area (Å²) in [5, 5.41) is 0. The van der Waals surface area contributed by atoms with Crippen LogP contribution < -0.4 is 0 Å². The molecule has 1 aromatic heterocycles. The van der Waals surface area contributed by atoms with Crippen molar-refractivity contribution in [1.29, 1.82) is 0 Å². The van der Waals surface area contributed by atoms with Crippen LogP contribution in [0.3, 0.4) is 0 Å². The highest BCUT2D eigenvalue weighted by Gasteiger charge is 2.35. The number of halogens is 1. The number of hydrogen-bond acceptors (Lipinski definition) is 5. The van der Waals surface area contributed by atoms with Gasteiger partial charge in [-0.05, 0) is 40.2 Å². The highest BCUT2D eigenvalue weighted by Crippen LogP contribution is 2.24. The first kappa shape index (κ1) is 15.4. The number of amides is 2. The van der Waals surface area contributed by atoms with Crippen molar-refractivity contribution in [2.24, 2.45) is 0 Å². The summed E-state index contributed by atoms with van der Waals surface area (Å²) in [6.07, 6.45) is 0. The largest absolute Gasteiger partial charge is 0.465 e. The second-order valence-corrected chi connectivity index (χ2v) is 5.72. The third kappa shape index (κ3) is 2.75. The van der Waals surface area contributed by atoms with Gasteiger partial charge in [0.2, 0.25) is 0 Å². The van der Waals surface area contributed by atoms with Gasteiger partial charge in [-0.3, -0.25) is 14.5 Å². The van der Waals surface area contributed by atoms with Gasteiger partial charge in [-0.25, -0.2) is 9.78 Å². The van der Waals surface area contributed by atoms with Crippen LogP contribution in [0.1, 0.15) is 36.8 Å². The smallest absolute Gasteiger partial charge is 0.338 e. The Hall–Kier alpha value is -2.54. The summed E-state index contributed by atoms with van der Waals surface area (Å²) >= 11 is 3.21. The number of carbonyl (C=O) groups excluding carboxylic acids is 3. The van der Waals surface area contributed by atoms with Crippen molar-refractivity contribution in [2.75, 3.05) is 7.11 Å². The predicted octanol–water partition coefficient (Wildman–Crippen LogP) is 2.43. The third-order valence-corrected chi connectivity index (χ3v) is 3.87. The van der Waals surface area contributed by atoms with E-state index in [1.165, 1.54) is 19.2 Å². The molecule has 0 saturated carbocycles. The summed E-state index contributed by atoms with van der Waals surface area (Å²) in [6, 6.07) is 9.66. The lowest BCUT2D eigenvalue weighted by Crippen LogP contribution is -2.29. The molecule has 3 rings (SSSR count). The molecular formula is C16H11BrN2O4. The number of ether oxygens (including phenoxy) is 1. The Morgan fingerprint density at radius 1 is 1.17 bits per heavy atom. The second-order valence-electron chi connectivity index (χ2n) is 4.90. The topological polar surface area (TPSA) is 76.6 Å². The molecule has 0 aliphatic carbocycles. The number of aromatic nitrogens is 1. The lowest BCUT2D eigenvalue weighted by Gasteiger charge is -2.14. The number of imide groups is 1. The molecule has 0 radical (unpaired) electrons. The molecule has 1 aliphatic rings. The summed E-state index contributed by atoms with van der Waals surface area (Å²) in [6.45, 7) is -0.0181. The highest BCUT2D eigenvalue weighted by atomic mass is 79.9. The minimum atomic E-state index is -0.517. The van der Waals surface area contributed by atoms with Crippen molar-refractivity contribution < 1.29 is 19.1 Å². The van der Waals surface area contributed by atoms with E-state index >= 15 is 0 Å². The maximum Gasteiger partial charge on any atom is 0.338 e. The zero-order valence-electron chi connectivity index (χ0n) is 12.1. The fraction of sp³-hybridized carbons (Fsp3) is 0.125. The Balaban J connectivity index is 1.92. The molecule has 2 aromatic rings. The number of carbonyl (C=O) groups is 3. The average molecular weight is 375 g/mol. The number of benzene rings is 1. The molecule has 1 aromatic carbocycles.